The van der Waals surface area contributed by atoms with Crippen LogP contribution in [0.3, 0.4) is 0 Å². The van der Waals surface area contributed by atoms with Crippen molar-refractivity contribution in [1.82, 2.24) is 9.29 Å². The van der Waals surface area contributed by atoms with E-state index in [0.29, 0.717) is 17.4 Å². The Kier molecular flexibility index (Phi) is 4.73. The maximum Gasteiger partial charge on any atom is 0.244 e. The molecule has 0 atom stereocenters. The average Bonchev–Trinajstić information content (AvgIpc) is 2.29. The van der Waals surface area contributed by atoms with Crippen LogP contribution in [0, 0.1) is 0 Å². The van der Waals surface area contributed by atoms with Gasteiger partial charge in [0.05, 0.1) is 5.02 Å². The zero-order valence-corrected chi connectivity index (χ0v) is 11.6. The van der Waals surface area contributed by atoms with E-state index in [1.165, 1.54) is 16.6 Å². The van der Waals surface area contributed by atoms with Gasteiger partial charge in [-0.25, -0.2) is 17.7 Å². The van der Waals surface area contributed by atoms with E-state index < -0.39 is 10.0 Å². The van der Waals surface area contributed by atoms with Gasteiger partial charge in [0.15, 0.2) is 0 Å². The van der Waals surface area contributed by atoms with Crippen LogP contribution in [0.2, 0.25) is 5.02 Å². The first kappa shape index (κ1) is 14.2. The van der Waals surface area contributed by atoms with Gasteiger partial charge in [-0.2, -0.15) is 0 Å². The molecule has 0 saturated carbocycles. The number of pyridine rings is 1. The molecule has 0 unspecified atom stereocenters. The maximum absolute atomic E-state index is 12.1. The summed E-state index contributed by atoms with van der Waals surface area (Å²) in [5.74, 6) is 0.462. The van der Waals surface area contributed by atoms with Gasteiger partial charge in [-0.05, 0) is 12.5 Å². The van der Waals surface area contributed by atoms with Gasteiger partial charge < -0.3 is 5.32 Å². The molecule has 0 aliphatic heterocycles. The number of hydrogen-bond donors (Lipinski definition) is 1. The smallest absolute Gasteiger partial charge is 0.244 e. The van der Waals surface area contributed by atoms with Crippen molar-refractivity contribution >= 4 is 27.4 Å². The molecule has 0 radical (unpaired) electrons. The Morgan fingerprint density at radius 2 is 2.18 bits per heavy atom. The second kappa shape index (κ2) is 5.66. The topological polar surface area (TPSA) is 62.3 Å². The van der Waals surface area contributed by atoms with Gasteiger partial charge in [0.25, 0.3) is 0 Å². The van der Waals surface area contributed by atoms with Crippen molar-refractivity contribution in [2.75, 3.05) is 26.0 Å². The number of nitrogens with one attached hydrogen (secondary N) is 1. The zero-order chi connectivity index (χ0) is 13.1. The lowest BCUT2D eigenvalue weighted by Gasteiger charge is -2.16. The van der Waals surface area contributed by atoms with E-state index in [1.54, 1.807) is 14.1 Å². The summed E-state index contributed by atoms with van der Waals surface area (Å²) in [4.78, 5) is 4.07. The van der Waals surface area contributed by atoms with Crippen LogP contribution in [-0.2, 0) is 10.0 Å². The first-order valence-electron chi connectivity index (χ1n) is 5.23. The molecule has 0 fully saturated rings. The molecule has 0 saturated heterocycles. The predicted molar refractivity (Wildman–Crippen MR) is 68.9 cm³/mol. The van der Waals surface area contributed by atoms with Gasteiger partial charge in [0, 0.05) is 26.8 Å². The average molecular weight is 278 g/mol. The van der Waals surface area contributed by atoms with E-state index in [2.05, 4.69) is 10.3 Å². The maximum atomic E-state index is 12.1. The summed E-state index contributed by atoms with van der Waals surface area (Å²) >= 11 is 5.91. The largest absolute Gasteiger partial charge is 0.372 e. The fraction of sp³-hybridized carbons (Fsp3) is 0.500. The zero-order valence-electron chi connectivity index (χ0n) is 10.1. The second-order valence-electron chi connectivity index (χ2n) is 3.58. The van der Waals surface area contributed by atoms with Crippen LogP contribution >= 0.6 is 11.6 Å². The molecule has 0 spiro atoms. The molecule has 0 aliphatic rings. The van der Waals surface area contributed by atoms with Crippen LogP contribution in [0.5, 0.6) is 0 Å². The molecule has 1 heterocycles. The Hall–Kier alpha value is -0.850. The van der Waals surface area contributed by atoms with Crippen molar-refractivity contribution < 1.29 is 8.42 Å². The Morgan fingerprint density at radius 1 is 1.53 bits per heavy atom. The van der Waals surface area contributed by atoms with Crippen molar-refractivity contribution in [2.24, 2.45) is 0 Å². The molecule has 0 amide bonds. The van der Waals surface area contributed by atoms with Crippen molar-refractivity contribution in [3.05, 3.63) is 17.3 Å². The molecule has 0 bridgehead atoms. The minimum Gasteiger partial charge on any atom is -0.372 e. The molecule has 1 N–H and O–H groups in total. The molecule has 5 nitrogen and oxygen atoms in total. The number of anilines is 1. The fourth-order valence-corrected chi connectivity index (χ4v) is 2.92. The van der Waals surface area contributed by atoms with Gasteiger partial charge >= 0.3 is 0 Å². The predicted octanol–water partition coefficient (Wildman–Crippen LogP) is 1.81. The Labute approximate surface area is 107 Å². The van der Waals surface area contributed by atoms with Crippen LogP contribution in [0.15, 0.2) is 17.2 Å². The molecule has 17 heavy (non-hydrogen) atoms. The van der Waals surface area contributed by atoms with Crippen LogP contribution in [0.25, 0.3) is 0 Å². The van der Waals surface area contributed by atoms with E-state index in [0.717, 1.165) is 6.42 Å². The van der Waals surface area contributed by atoms with Crippen LogP contribution in [0.4, 0.5) is 5.82 Å². The normalized spacial score (nSPS) is 11.8. The lowest BCUT2D eigenvalue weighted by Crippen LogP contribution is -2.27. The lowest BCUT2D eigenvalue weighted by atomic mass is 10.4. The SMILES string of the molecule is CCCN(C)S(=O)(=O)c1cnc(NC)c(Cl)c1. The van der Waals surface area contributed by atoms with Crippen LogP contribution in [0.1, 0.15) is 13.3 Å². The molecular formula is C10H16ClN3O2S. The molecule has 96 valence electrons. The highest BCUT2D eigenvalue weighted by molar-refractivity contribution is 7.89. The van der Waals surface area contributed by atoms with E-state index in [1.807, 2.05) is 6.92 Å². The first-order chi connectivity index (χ1) is 7.93. The fourth-order valence-electron chi connectivity index (χ4n) is 1.36. The van der Waals surface area contributed by atoms with Crippen LogP contribution in [-0.4, -0.2) is 38.3 Å². The standard InChI is InChI=1S/C10H16ClN3O2S/c1-4-5-14(3)17(15,16)8-6-9(11)10(12-2)13-7-8/h6-7H,4-5H2,1-3H3,(H,12,13). The van der Waals surface area contributed by atoms with Crippen molar-refractivity contribution in [2.45, 2.75) is 18.2 Å². The minimum atomic E-state index is -3.49. The minimum absolute atomic E-state index is 0.109. The van der Waals surface area contributed by atoms with Gasteiger partial charge in [-0.15, -0.1) is 0 Å². The highest BCUT2D eigenvalue weighted by atomic mass is 35.5. The Bertz CT molecular complexity index is 490. The van der Waals surface area contributed by atoms with Crippen molar-refractivity contribution in [3.63, 3.8) is 0 Å². The van der Waals surface area contributed by atoms with E-state index >= 15 is 0 Å². The molecule has 0 aromatic carbocycles. The number of rotatable bonds is 5. The summed E-state index contributed by atoms with van der Waals surface area (Å²) in [6.45, 7) is 2.38. The van der Waals surface area contributed by atoms with Crippen LogP contribution < -0.4 is 5.32 Å². The van der Waals surface area contributed by atoms with Gasteiger partial charge in [0.2, 0.25) is 10.0 Å². The highest BCUT2D eigenvalue weighted by Crippen LogP contribution is 2.23. The molecule has 1 rings (SSSR count). The molecule has 7 heteroatoms. The number of hydrogen-bond acceptors (Lipinski definition) is 4. The molecule has 0 aliphatic carbocycles. The van der Waals surface area contributed by atoms with E-state index in [-0.39, 0.29) is 4.90 Å². The summed E-state index contributed by atoms with van der Waals surface area (Å²) in [5, 5.41) is 3.07. The molecule has 1 aromatic rings. The van der Waals surface area contributed by atoms with E-state index in [4.69, 9.17) is 11.6 Å². The van der Waals surface area contributed by atoms with Crippen molar-refractivity contribution in [3.8, 4) is 0 Å². The first-order valence-corrected chi connectivity index (χ1v) is 7.05. The number of halogens is 1. The Morgan fingerprint density at radius 3 is 2.65 bits per heavy atom. The quantitative estimate of drug-likeness (QED) is 0.892. The summed E-state index contributed by atoms with van der Waals surface area (Å²) in [6, 6.07) is 1.40. The monoisotopic (exact) mass is 277 g/mol. The van der Waals surface area contributed by atoms with Gasteiger partial charge in [-0.1, -0.05) is 18.5 Å². The summed E-state index contributed by atoms with van der Waals surface area (Å²) in [7, 11) is -0.277. The number of nitrogens with zero attached hydrogens (tertiary/aromatic N) is 2. The third-order valence-electron chi connectivity index (χ3n) is 2.30. The third kappa shape index (κ3) is 3.08. The number of aromatic nitrogens is 1. The summed E-state index contributed by atoms with van der Waals surface area (Å²) in [5.41, 5.74) is 0. The Balaban J connectivity index is 3.12. The van der Waals surface area contributed by atoms with E-state index in [9.17, 15) is 8.42 Å². The lowest BCUT2D eigenvalue weighted by molar-refractivity contribution is 0.468. The third-order valence-corrected chi connectivity index (χ3v) is 4.41. The summed E-state index contributed by atoms with van der Waals surface area (Å²) < 4.78 is 25.5. The van der Waals surface area contributed by atoms with Gasteiger partial charge in [0.1, 0.15) is 10.7 Å². The van der Waals surface area contributed by atoms with Gasteiger partial charge in [-0.3, -0.25) is 0 Å². The molecule has 1 aromatic heterocycles. The highest BCUT2D eigenvalue weighted by Gasteiger charge is 2.21. The number of sulfonamides is 1. The second-order valence-corrected chi connectivity index (χ2v) is 6.03. The summed E-state index contributed by atoms with van der Waals surface area (Å²) in [6.07, 6.45) is 2.06. The molecular weight excluding hydrogens is 262 g/mol. The van der Waals surface area contributed by atoms with Crippen molar-refractivity contribution in [1.29, 1.82) is 0 Å².